The van der Waals surface area contributed by atoms with Gasteiger partial charge < -0.3 is 0 Å². The number of hydrogen-bond acceptors (Lipinski definition) is 4. The van der Waals surface area contributed by atoms with Crippen molar-refractivity contribution in [3.8, 4) is 0 Å². The van der Waals surface area contributed by atoms with Crippen molar-refractivity contribution in [2.45, 2.75) is 52.1 Å². The van der Waals surface area contributed by atoms with E-state index in [-0.39, 0.29) is 6.04 Å². The van der Waals surface area contributed by atoms with Crippen molar-refractivity contribution >= 4 is 0 Å². The maximum Gasteiger partial charge on any atom is 0.0644 e. The van der Waals surface area contributed by atoms with Gasteiger partial charge in [-0.05, 0) is 25.8 Å². The molecule has 0 amide bonds. The summed E-state index contributed by atoms with van der Waals surface area (Å²) in [6.07, 6.45) is 6.89. The van der Waals surface area contributed by atoms with Gasteiger partial charge in [-0.2, -0.15) is 10.2 Å². The molecule has 0 aromatic carbocycles. The minimum atomic E-state index is 0.0313. The van der Waals surface area contributed by atoms with E-state index in [1.165, 1.54) is 0 Å². The highest BCUT2D eigenvalue weighted by Crippen LogP contribution is 2.21. The van der Waals surface area contributed by atoms with Crippen molar-refractivity contribution in [1.29, 1.82) is 0 Å². The molecule has 0 saturated carbocycles. The molecule has 2 rings (SSSR count). The number of nitrogens with zero attached hydrogens (tertiary/aromatic N) is 4. The van der Waals surface area contributed by atoms with Gasteiger partial charge in [0, 0.05) is 30.9 Å². The lowest BCUT2D eigenvalue weighted by atomic mass is 10.0. The van der Waals surface area contributed by atoms with E-state index in [9.17, 15) is 0 Å². The summed E-state index contributed by atoms with van der Waals surface area (Å²) in [6.45, 7) is 6.44. The molecule has 1 unspecified atom stereocenters. The maximum atomic E-state index is 5.73. The fourth-order valence-electron chi connectivity index (χ4n) is 2.68. The lowest BCUT2D eigenvalue weighted by molar-refractivity contribution is 0.422. The summed E-state index contributed by atoms with van der Waals surface area (Å²) < 4.78 is 3.93. The fraction of sp³-hybridized carbons (Fsp3) is 0.600. The Bertz CT molecular complexity index is 566. The van der Waals surface area contributed by atoms with Gasteiger partial charge in [0.15, 0.2) is 0 Å². The Morgan fingerprint density at radius 1 is 1.33 bits per heavy atom. The molecule has 0 spiro atoms. The van der Waals surface area contributed by atoms with Crippen molar-refractivity contribution in [1.82, 2.24) is 25.0 Å². The second-order valence-electron chi connectivity index (χ2n) is 5.49. The van der Waals surface area contributed by atoms with Crippen molar-refractivity contribution in [3.63, 3.8) is 0 Å². The first-order valence-corrected chi connectivity index (χ1v) is 7.59. The van der Waals surface area contributed by atoms with Crippen LogP contribution in [0, 0.1) is 6.92 Å². The van der Waals surface area contributed by atoms with E-state index in [0.717, 1.165) is 36.2 Å². The van der Waals surface area contributed by atoms with Crippen molar-refractivity contribution in [3.05, 3.63) is 35.4 Å². The Hall–Kier alpha value is -1.66. The Balaban J connectivity index is 2.14. The standard InChI is InChI=1S/C15H26N6/c1-5-13(6-2)21-8-7-12(19-21)9-15(18-16)14-10-17-20(4)11(14)3/h7-8,10,13,15,18H,5-6,9,16H2,1-4H3. The Morgan fingerprint density at radius 3 is 2.57 bits per heavy atom. The molecule has 2 aromatic rings. The molecule has 6 nitrogen and oxygen atoms in total. The predicted octanol–water partition coefficient (Wildman–Crippen LogP) is 2.03. The number of nitrogens with two attached hydrogens (primary N) is 1. The highest BCUT2D eigenvalue weighted by molar-refractivity contribution is 5.22. The summed E-state index contributed by atoms with van der Waals surface area (Å²) in [6, 6.07) is 2.58. The average molecular weight is 290 g/mol. The first-order valence-electron chi connectivity index (χ1n) is 7.59. The molecular formula is C15H26N6. The van der Waals surface area contributed by atoms with Gasteiger partial charge in [0.1, 0.15) is 0 Å². The summed E-state index contributed by atoms with van der Waals surface area (Å²) in [7, 11) is 1.94. The summed E-state index contributed by atoms with van der Waals surface area (Å²) in [5.74, 6) is 5.73. The number of rotatable bonds is 7. The lowest BCUT2D eigenvalue weighted by Gasteiger charge is -2.15. The monoisotopic (exact) mass is 290 g/mol. The highest BCUT2D eigenvalue weighted by atomic mass is 15.3. The van der Waals surface area contributed by atoms with E-state index in [4.69, 9.17) is 10.9 Å². The second kappa shape index (κ2) is 6.87. The lowest BCUT2D eigenvalue weighted by Crippen LogP contribution is -2.30. The summed E-state index contributed by atoms with van der Waals surface area (Å²) in [5.41, 5.74) is 6.18. The van der Waals surface area contributed by atoms with Gasteiger partial charge in [0.2, 0.25) is 0 Å². The van der Waals surface area contributed by atoms with E-state index in [0.29, 0.717) is 6.04 Å². The molecule has 2 aromatic heterocycles. The average Bonchev–Trinajstić information content (AvgIpc) is 3.07. The maximum absolute atomic E-state index is 5.73. The van der Waals surface area contributed by atoms with E-state index in [1.807, 2.05) is 17.9 Å². The zero-order valence-electron chi connectivity index (χ0n) is 13.4. The van der Waals surface area contributed by atoms with E-state index in [2.05, 4.69) is 48.2 Å². The van der Waals surface area contributed by atoms with Crippen LogP contribution in [0.3, 0.4) is 0 Å². The normalized spacial score (nSPS) is 13.0. The van der Waals surface area contributed by atoms with Gasteiger partial charge >= 0.3 is 0 Å². The zero-order chi connectivity index (χ0) is 15.4. The molecule has 116 valence electrons. The zero-order valence-corrected chi connectivity index (χ0v) is 13.4. The van der Waals surface area contributed by atoms with Gasteiger partial charge in [0.25, 0.3) is 0 Å². The molecule has 21 heavy (non-hydrogen) atoms. The summed E-state index contributed by atoms with van der Waals surface area (Å²) in [5, 5.41) is 8.98. The van der Waals surface area contributed by atoms with Crippen LogP contribution in [0.5, 0.6) is 0 Å². The number of nitrogens with one attached hydrogen (secondary N) is 1. The molecular weight excluding hydrogens is 264 g/mol. The molecule has 2 heterocycles. The molecule has 6 heteroatoms. The Labute approximate surface area is 126 Å². The van der Waals surface area contributed by atoms with Crippen LogP contribution in [0.15, 0.2) is 18.5 Å². The summed E-state index contributed by atoms with van der Waals surface area (Å²) in [4.78, 5) is 0. The number of hydrazine groups is 1. The van der Waals surface area contributed by atoms with Crippen LogP contribution in [0.4, 0.5) is 0 Å². The third-order valence-corrected chi connectivity index (χ3v) is 4.24. The Kier molecular flexibility index (Phi) is 5.14. The number of aromatic nitrogens is 4. The SMILES string of the molecule is CCC(CC)n1ccc(CC(NN)c2cnn(C)c2C)n1. The minimum Gasteiger partial charge on any atom is -0.273 e. The van der Waals surface area contributed by atoms with Crippen molar-refractivity contribution in [2.75, 3.05) is 0 Å². The fourth-order valence-corrected chi connectivity index (χ4v) is 2.68. The molecule has 0 radical (unpaired) electrons. The van der Waals surface area contributed by atoms with Crippen LogP contribution >= 0.6 is 0 Å². The second-order valence-corrected chi connectivity index (χ2v) is 5.49. The molecule has 0 saturated heterocycles. The van der Waals surface area contributed by atoms with E-state index < -0.39 is 0 Å². The van der Waals surface area contributed by atoms with Gasteiger partial charge in [-0.1, -0.05) is 13.8 Å². The van der Waals surface area contributed by atoms with Crippen LogP contribution in [-0.2, 0) is 13.5 Å². The van der Waals surface area contributed by atoms with Crippen LogP contribution in [0.2, 0.25) is 0 Å². The van der Waals surface area contributed by atoms with Gasteiger partial charge in [-0.25, -0.2) is 0 Å². The van der Waals surface area contributed by atoms with Gasteiger partial charge in [-0.3, -0.25) is 20.6 Å². The Morgan fingerprint density at radius 2 is 2.05 bits per heavy atom. The van der Waals surface area contributed by atoms with E-state index in [1.54, 1.807) is 0 Å². The number of hydrogen-bond donors (Lipinski definition) is 2. The molecule has 0 aliphatic rings. The largest absolute Gasteiger partial charge is 0.273 e. The van der Waals surface area contributed by atoms with Crippen LogP contribution in [0.1, 0.15) is 55.7 Å². The first-order chi connectivity index (χ1) is 10.1. The molecule has 3 N–H and O–H groups in total. The van der Waals surface area contributed by atoms with Gasteiger partial charge in [-0.15, -0.1) is 0 Å². The molecule has 0 fully saturated rings. The molecule has 0 aliphatic heterocycles. The van der Waals surface area contributed by atoms with Crippen molar-refractivity contribution < 1.29 is 0 Å². The van der Waals surface area contributed by atoms with Crippen LogP contribution in [0.25, 0.3) is 0 Å². The van der Waals surface area contributed by atoms with Crippen molar-refractivity contribution in [2.24, 2.45) is 12.9 Å². The molecule has 1 atom stereocenters. The third-order valence-electron chi connectivity index (χ3n) is 4.24. The topological polar surface area (TPSA) is 73.7 Å². The predicted molar refractivity (Wildman–Crippen MR) is 83.6 cm³/mol. The smallest absolute Gasteiger partial charge is 0.0644 e. The van der Waals surface area contributed by atoms with Crippen LogP contribution in [-0.4, -0.2) is 19.6 Å². The third kappa shape index (κ3) is 3.33. The van der Waals surface area contributed by atoms with Crippen LogP contribution < -0.4 is 11.3 Å². The minimum absolute atomic E-state index is 0.0313. The molecule has 0 bridgehead atoms. The first kappa shape index (κ1) is 15.7. The highest BCUT2D eigenvalue weighted by Gasteiger charge is 2.18. The van der Waals surface area contributed by atoms with Gasteiger partial charge in [0.05, 0.1) is 24.0 Å². The number of aryl methyl sites for hydroxylation is 1. The molecule has 0 aliphatic carbocycles. The summed E-state index contributed by atoms with van der Waals surface area (Å²) >= 11 is 0. The quantitative estimate of drug-likeness (QED) is 0.604. The van der Waals surface area contributed by atoms with E-state index >= 15 is 0 Å².